The second kappa shape index (κ2) is 9.16. The molecule has 0 aromatic heterocycles. The molecule has 18 heavy (non-hydrogen) atoms. The van der Waals surface area contributed by atoms with E-state index in [9.17, 15) is 5.26 Å². The van der Waals surface area contributed by atoms with Crippen molar-refractivity contribution < 1.29 is 0 Å². The van der Waals surface area contributed by atoms with Crippen LogP contribution in [0.2, 0.25) is 0 Å². The van der Waals surface area contributed by atoms with Crippen LogP contribution in [0.1, 0.15) is 63.4 Å². The highest BCUT2D eigenvalue weighted by Crippen LogP contribution is 2.28. The summed E-state index contributed by atoms with van der Waals surface area (Å²) in [4.78, 5) is 0. The molecule has 0 radical (unpaired) electrons. The van der Waals surface area contributed by atoms with E-state index in [0.717, 1.165) is 22.9 Å². The number of hydrogen-bond donors (Lipinski definition) is 0. The Labute approximate surface area is 119 Å². The summed E-state index contributed by atoms with van der Waals surface area (Å²) < 4.78 is 1.06. The zero-order valence-corrected chi connectivity index (χ0v) is 12.7. The molecule has 0 heterocycles. The summed E-state index contributed by atoms with van der Waals surface area (Å²) in [7, 11) is 0. The monoisotopic (exact) mass is 307 g/mol. The highest BCUT2D eigenvalue weighted by atomic mass is 79.9. The Hall–Kier alpha value is -0.810. The Bertz CT molecular complexity index is 381. The van der Waals surface area contributed by atoms with Gasteiger partial charge in [-0.1, -0.05) is 79.6 Å². The molecule has 0 aliphatic rings. The fraction of sp³-hybridized carbons (Fsp3) is 0.562. The first-order chi connectivity index (χ1) is 8.79. The van der Waals surface area contributed by atoms with E-state index in [1.54, 1.807) is 0 Å². The molecule has 0 saturated heterocycles. The predicted molar refractivity (Wildman–Crippen MR) is 80.5 cm³/mol. The molecule has 0 saturated carbocycles. The van der Waals surface area contributed by atoms with Crippen LogP contribution in [0.5, 0.6) is 0 Å². The maximum atomic E-state index is 9.27. The van der Waals surface area contributed by atoms with Gasteiger partial charge in [0.2, 0.25) is 0 Å². The third-order valence-electron chi connectivity index (χ3n) is 3.28. The van der Waals surface area contributed by atoms with Crippen molar-refractivity contribution >= 4 is 15.9 Å². The molecule has 0 amide bonds. The summed E-state index contributed by atoms with van der Waals surface area (Å²) in [6.45, 7) is 2.23. The van der Waals surface area contributed by atoms with Gasteiger partial charge in [-0.3, -0.25) is 0 Å². The summed E-state index contributed by atoms with van der Waals surface area (Å²) in [6.07, 6.45) is 8.66. The van der Waals surface area contributed by atoms with E-state index in [0.29, 0.717) is 0 Å². The van der Waals surface area contributed by atoms with Crippen molar-refractivity contribution in [3.05, 3.63) is 34.3 Å². The van der Waals surface area contributed by atoms with Gasteiger partial charge in [-0.05, 0) is 18.1 Å². The van der Waals surface area contributed by atoms with Gasteiger partial charge in [0.05, 0.1) is 12.0 Å². The second-order valence-electron chi connectivity index (χ2n) is 4.76. The molecule has 0 unspecified atom stereocenters. The standard InChI is InChI=1S/C16H22BrN/c1-2-3-4-5-6-7-10-14(13-18)15-11-8-9-12-16(15)17/h8-9,11-12,14H,2-7,10H2,1H3/t14-/m0/s1. The number of halogens is 1. The smallest absolute Gasteiger partial charge is 0.0723 e. The quantitative estimate of drug-likeness (QED) is 0.556. The lowest BCUT2D eigenvalue weighted by molar-refractivity contribution is 0.575. The van der Waals surface area contributed by atoms with Crippen LogP contribution in [0.25, 0.3) is 0 Å². The highest BCUT2D eigenvalue weighted by molar-refractivity contribution is 9.10. The first-order valence-corrected chi connectivity index (χ1v) is 7.73. The van der Waals surface area contributed by atoms with Gasteiger partial charge in [0, 0.05) is 4.47 Å². The molecule has 0 fully saturated rings. The van der Waals surface area contributed by atoms with E-state index in [4.69, 9.17) is 0 Å². The van der Waals surface area contributed by atoms with Crippen LogP contribution in [-0.4, -0.2) is 0 Å². The van der Waals surface area contributed by atoms with Crippen molar-refractivity contribution in [1.29, 1.82) is 5.26 Å². The Morgan fingerprint density at radius 1 is 1.11 bits per heavy atom. The van der Waals surface area contributed by atoms with Gasteiger partial charge in [-0.15, -0.1) is 0 Å². The minimum absolute atomic E-state index is 0.0340. The summed E-state index contributed by atoms with van der Waals surface area (Å²) >= 11 is 3.53. The zero-order chi connectivity index (χ0) is 13.2. The zero-order valence-electron chi connectivity index (χ0n) is 11.2. The van der Waals surface area contributed by atoms with E-state index >= 15 is 0 Å². The third-order valence-corrected chi connectivity index (χ3v) is 4.00. The van der Waals surface area contributed by atoms with Crippen molar-refractivity contribution in [2.45, 2.75) is 57.8 Å². The maximum absolute atomic E-state index is 9.27. The van der Waals surface area contributed by atoms with E-state index in [1.807, 2.05) is 18.2 Å². The van der Waals surface area contributed by atoms with Crippen molar-refractivity contribution in [3.8, 4) is 6.07 Å². The van der Waals surface area contributed by atoms with E-state index in [1.165, 1.54) is 32.1 Å². The molecule has 98 valence electrons. The van der Waals surface area contributed by atoms with E-state index < -0.39 is 0 Å². The number of rotatable bonds is 8. The van der Waals surface area contributed by atoms with Gasteiger partial charge in [0.15, 0.2) is 0 Å². The lowest BCUT2D eigenvalue weighted by Gasteiger charge is -2.11. The minimum Gasteiger partial charge on any atom is -0.198 e. The molecule has 1 aromatic carbocycles. The lowest BCUT2D eigenvalue weighted by atomic mass is 9.94. The second-order valence-corrected chi connectivity index (χ2v) is 5.61. The molecule has 1 rings (SSSR count). The molecular formula is C16H22BrN. The summed E-state index contributed by atoms with van der Waals surface area (Å²) in [5.41, 5.74) is 1.13. The first-order valence-electron chi connectivity index (χ1n) is 6.93. The highest BCUT2D eigenvalue weighted by Gasteiger charge is 2.12. The van der Waals surface area contributed by atoms with Crippen molar-refractivity contribution in [2.24, 2.45) is 0 Å². The molecule has 1 atom stereocenters. The number of nitrogens with zero attached hydrogens (tertiary/aromatic N) is 1. The molecule has 1 nitrogen and oxygen atoms in total. The van der Waals surface area contributed by atoms with Crippen LogP contribution in [0, 0.1) is 11.3 Å². The fourth-order valence-electron chi connectivity index (χ4n) is 2.18. The number of benzene rings is 1. The molecular weight excluding hydrogens is 286 g/mol. The van der Waals surface area contributed by atoms with Crippen LogP contribution in [0.15, 0.2) is 28.7 Å². The van der Waals surface area contributed by atoms with Crippen molar-refractivity contribution in [2.75, 3.05) is 0 Å². The minimum atomic E-state index is 0.0340. The topological polar surface area (TPSA) is 23.8 Å². The molecule has 0 N–H and O–H groups in total. The first kappa shape index (κ1) is 15.2. The SMILES string of the molecule is CCCCCCCC[C@@H](C#N)c1ccccc1Br. The summed E-state index contributed by atoms with van der Waals surface area (Å²) in [6, 6.07) is 10.5. The van der Waals surface area contributed by atoms with Gasteiger partial charge < -0.3 is 0 Å². The molecule has 0 aliphatic carbocycles. The van der Waals surface area contributed by atoms with Crippen LogP contribution in [-0.2, 0) is 0 Å². The Balaban J connectivity index is 2.35. The van der Waals surface area contributed by atoms with Gasteiger partial charge in [-0.25, -0.2) is 0 Å². The van der Waals surface area contributed by atoms with Gasteiger partial charge in [-0.2, -0.15) is 5.26 Å². The third kappa shape index (κ3) is 5.23. The largest absolute Gasteiger partial charge is 0.198 e. The average molecular weight is 308 g/mol. The predicted octanol–water partition coefficient (Wildman–Crippen LogP) is 5.81. The molecule has 1 aromatic rings. The van der Waals surface area contributed by atoms with Gasteiger partial charge in [0.25, 0.3) is 0 Å². The normalized spacial score (nSPS) is 12.1. The number of hydrogen-bond acceptors (Lipinski definition) is 1. The van der Waals surface area contributed by atoms with Crippen molar-refractivity contribution in [1.82, 2.24) is 0 Å². The maximum Gasteiger partial charge on any atom is 0.0723 e. The Morgan fingerprint density at radius 3 is 2.44 bits per heavy atom. The Morgan fingerprint density at radius 2 is 1.78 bits per heavy atom. The average Bonchev–Trinajstić information content (AvgIpc) is 2.39. The Kier molecular flexibility index (Phi) is 7.76. The molecule has 2 heteroatoms. The number of nitriles is 1. The molecule has 0 aliphatic heterocycles. The van der Waals surface area contributed by atoms with Crippen LogP contribution < -0.4 is 0 Å². The lowest BCUT2D eigenvalue weighted by Crippen LogP contribution is -1.97. The van der Waals surface area contributed by atoms with E-state index in [-0.39, 0.29) is 5.92 Å². The summed E-state index contributed by atoms with van der Waals surface area (Å²) in [5, 5.41) is 9.27. The van der Waals surface area contributed by atoms with Gasteiger partial charge >= 0.3 is 0 Å². The van der Waals surface area contributed by atoms with Crippen molar-refractivity contribution in [3.63, 3.8) is 0 Å². The summed E-state index contributed by atoms with van der Waals surface area (Å²) in [5.74, 6) is 0.0340. The van der Waals surface area contributed by atoms with Gasteiger partial charge in [0.1, 0.15) is 0 Å². The van der Waals surface area contributed by atoms with Crippen LogP contribution in [0.4, 0.5) is 0 Å². The molecule has 0 bridgehead atoms. The fourth-order valence-corrected chi connectivity index (χ4v) is 2.74. The number of unbranched alkanes of at least 4 members (excludes halogenated alkanes) is 5. The van der Waals surface area contributed by atoms with E-state index in [2.05, 4.69) is 35.0 Å². The van der Waals surface area contributed by atoms with Crippen LogP contribution in [0.3, 0.4) is 0 Å². The van der Waals surface area contributed by atoms with Crippen LogP contribution >= 0.6 is 15.9 Å². The molecule has 0 spiro atoms.